The summed E-state index contributed by atoms with van der Waals surface area (Å²) in [4.78, 5) is 47.0. The van der Waals surface area contributed by atoms with E-state index >= 15 is 0 Å². The van der Waals surface area contributed by atoms with E-state index in [2.05, 4.69) is 6.92 Å². The number of para-hydroxylation sites is 1. The largest absolute Gasteiger partial charge is 0.394 e. The van der Waals surface area contributed by atoms with Crippen LogP contribution in [0.1, 0.15) is 33.1 Å². The predicted molar refractivity (Wildman–Crippen MR) is 135 cm³/mol. The molecule has 0 aliphatic carbocycles. The Labute approximate surface area is 212 Å². The minimum Gasteiger partial charge on any atom is -0.394 e. The number of aliphatic hydroxyl groups excluding tert-OH is 1. The Kier molecular flexibility index (Phi) is 6.74. The van der Waals surface area contributed by atoms with E-state index < -0.39 is 35.6 Å². The Morgan fingerprint density at radius 1 is 1.06 bits per heavy atom. The molecule has 1 unspecified atom stereocenters. The average Bonchev–Trinajstić information content (AvgIpc) is 3.21. The van der Waals surface area contributed by atoms with Gasteiger partial charge in [0.1, 0.15) is 11.6 Å². The van der Waals surface area contributed by atoms with Crippen LogP contribution in [0.15, 0.2) is 54.6 Å². The average molecular weight is 494 g/mol. The molecule has 6 atom stereocenters. The maximum absolute atomic E-state index is 14.1. The lowest BCUT2D eigenvalue weighted by molar-refractivity contribution is -0.149. The van der Waals surface area contributed by atoms with E-state index in [-0.39, 0.29) is 24.3 Å². The number of fused-ring (bicyclic) bond motifs is 2. The Bertz CT molecular complexity index is 1070. The summed E-state index contributed by atoms with van der Waals surface area (Å²) in [6.45, 7) is 4.98. The molecule has 0 aromatic heterocycles. The number of anilines is 1. The van der Waals surface area contributed by atoms with Crippen molar-refractivity contribution in [1.82, 2.24) is 9.80 Å². The number of ether oxygens (including phenoxy) is 1. The van der Waals surface area contributed by atoms with Crippen molar-refractivity contribution in [3.63, 3.8) is 0 Å². The second-order valence-electron chi connectivity index (χ2n) is 10.2. The topological polar surface area (TPSA) is 90.4 Å². The van der Waals surface area contributed by atoms with Gasteiger partial charge in [-0.25, -0.2) is 0 Å². The highest BCUT2D eigenvalue weighted by Gasteiger charge is 2.72. The highest BCUT2D eigenvalue weighted by Crippen LogP contribution is 2.54. The highest BCUT2D eigenvalue weighted by atomic mass is 16.5. The molecule has 4 aliphatic rings. The fourth-order valence-corrected chi connectivity index (χ4v) is 6.28. The number of carbonyl (C=O) groups is 3. The van der Waals surface area contributed by atoms with Crippen LogP contribution in [0.4, 0.5) is 5.69 Å². The van der Waals surface area contributed by atoms with Crippen molar-refractivity contribution in [1.29, 1.82) is 0 Å². The van der Waals surface area contributed by atoms with Gasteiger partial charge in [0.25, 0.3) is 0 Å². The number of aliphatic hydroxyl groups is 1. The van der Waals surface area contributed by atoms with Crippen LogP contribution in [0.5, 0.6) is 0 Å². The molecule has 1 N–H and O–H groups in total. The molecule has 0 bridgehead atoms. The second-order valence-corrected chi connectivity index (χ2v) is 10.2. The van der Waals surface area contributed by atoms with Gasteiger partial charge < -0.3 is 24.5 Å². The first-order chi connectivity index (χ1) is 17.4. The Hall–Kier alpha value is -2.97. The van der Waals surface area contributed by atoms with E-state index in [1.165, 1.54) is 4.90 Å². The zero-order valence-electron chi connectivity index (χ0n) is 21.0. The molecule has 192 valence electrons. The number of benzene rings is 1. The van der Waals surface area contributed by atoms with E-state index in [1.54, 1.807) is 16.7 Å². The third-order valence-electron chi connectivity index (χ3n) is 8.02. The van der Waals surface area contributed by atoms with E-state index in [0.717, 1.165) is 24.9 Å². The van der Waals surface area contributed by atoms with Crippen LogP contribution in [0.2, 0.25) is 0 Å². The van der Waals surface area contributed by atoms with Gasteiger partial charge in [0.2, 0.25) is 17.7 Å². The molecule has 0 saturated carbocycles. The molecule has 1 aromatic carbocycles. The fourth-order valence-electron chi connectivity index (χ4n) is 6.28. The maximum Gasteiger partial charge on any atom is 0.249 e. The zero-order chi connectivity index (χ0) is 25.4. The van der Waals surface area contributed by atoms with Gasteiger partial charge in [-0.05, 0) is 25.5 Å². The van der Waals surface area contributed by atoms with Crippen LogP contribution in [-0.2, 0) is 19.1 Å². The van der Waals surface area contributed by atoms with Gasteiger partial charge in [-0.15, -0.1) is 0 Å². The molecule has 1 spiro atoms. The predicted octanol–water partition coefficient (Wildman–Crippen LogP) is 2.14. The van der Waals surface area contributed by atoms with Crippen molar-refractivity contribution < 1.29 is 24.2 Å². The number of likely N-dealkylation sites (tertiary alicyclic amines) is 1. The summed E-state index contributed by atoms with van der Waals surface area (Å²) in [5.41, 5.74) is -0.502. The van der Waals surface area contributed by atoms with Crippen LogP contribution < -0.4 is 4.90 Å². The Morgan fingerprint density at radius 2 is 1.83 bits per heavy atom. The fraction of sp³-hybridized carbons (Fsp3) is 0.536. The van der Waals surface area contributed by atoms with Crippen LogP contribution in [0, 0.1) is 11.8 Å². The summed E-state index contributed by atoms with van der Waals surface area (Å²) >= 11 is 0. The number of rotatable bonds is 7. The van der Waals surface area contributed by atoms with Gasteiger partial charge in [-0.1, -0.05) is 62.3 Å². The minimum absolute atomic E-state index is 0.181. The van der Waals surface area contributed by atoms with Gasteiger partial charge in [0.15, 0.2) is 0 Å². The first-order valence-electron chi connectivity index (χ1n) is 13.0. The summed E-state index contributed by atoms with van der Waals surface area (Å²) in [5, 5.41) is 10.0. The van der Waals surface area contributed by atoms with Gasteiger partial charge >= 0.3 is 0 Å². The van der Waals surface area contributed by atoms with Crippen molar-refractivity contribution in [2.45, 2.75) is 56.9 Å². The second kappa shape index (κ2) is 9.82. The van der Waals surface area contributed by atoms with Gasteiger partial charge in [-0.2, -0.15) is 0 Å². The third kappa shape index (κ3) is 3.78. The smallest absolute Gasteiger partial charge is 0.249 e. The number of amides is 3. The molecule has 1 aromatic rings. The van der Waals surface area contributed by atoms with Gasteiger partial charge in [0.05, 0.1) is 30.6 Å². The van der Waals surface area contributed by atoms with E-state index in [0.29, 0.717) is 19.6 Å². The highest BCUT2D eigenvalue weighted by molar-refractivity contribution is 6.03. The van der Waals surface area contributed by atoms with E-state index in [9.17, 15) is 19.5 Å². The molecule has 0 radical (unpaired) electrons. The summed E-state index contributed by atoms with van der Waals surface area (Å²) in [5.74, 6) is -2.29. The maximum atomic E-state index is 14.1. The Morgan fingerprint density at radius 3 is 2.56 bits per heavy atom. The minimum atomic E-state index is -1.26. The van der Waals surface area contributed by atoms with Crippen LogP contribution in [0.25, 0.3) is 0 Å². The van der Waals surface area contributed by atoms with Crippen molar-refractivity contribution in [3.8, 4) is 0 Å². The van der Waals surface area contributed by atoms with Crippen molar-refractivity contribution >= 4 is 23.4 Å². The molecule has 2 saturated heterocycles. The first kappa shape index (κ1) is 24.7. The molecule has 8 heteroatoms. The molecule has 3 amide bonds. The SMILES string of the molecule is CCCCCN1CC=C[C@]23O[C@@H]4C=CCN(c5ccccc5)C(=O)[C@@H]4[C@H]2C(=O)N([C@H](C)CO)C3C1=O. The Balaban J connectivity index is 1.56. The van der Waals surface area contributed by atoms with Crippen LogP contribution in [0.3, 0.4) is 0 Å². The lowest BCUT2D eigenvalue weighted by atomic mass is 9.77. The summed E-state index contributed by atoms with van der Waals surface area (Å²) in [6.07, 6.45) is 9.84. The molecule has 8 nitrogen and oxygen atoms in total. The molecule has 36 heavy (non-hydrogen) atoms. The number of hydrogen-bond acceptors (Lipinski definition) is 5. The van der Waals surface area contributed by atoms with Crippen LogP contribution >= 0.6 is 0 Å². The molecular formula is C28H35N3O5. The number of unbranched alkanes of at least 4 members (excludes halogenated alkanes) is 2. The quantitative estimate of drug-likeness (QED) is 0.464. The van der Waals surface area contributed by atoms with Gasteiger partial charge in [0, 0.05) is 25.3 Å². The van der Waals surface area contributed by atoms with Gasteiger partial charge in [-0.3, -0.25) is 14.4 Å². The molecule has 4 heterocycles. The lowest BCUT2D eigenvalue weighted by Crippen LogP contribution is -2.57. The normalized spacial score (nSPS) is 32.3. The summed E-state index contributed by atoms with van der Waals surface area (Å²) in [6, 6.07) is 7.90. The molecule has 4 aliphatic heterocycles. The molecule has 5 rings (SSSR count). The first-order valence-corrected chi connectivity index (χ1v) is 13.0. The van der Waals surface area contributed by atoms with Crippen molar-refractivity contribution in [2.24, 2.45) is 11.8 Å². The number of nitrogens with zero attached hydrogens (tertiary/aromatic N) is 3. The third-order valence-corrected chi connectivity index (χ3v) is 8.02. The number of carbonyl (C=O) groups excluding carboxylic acids is 3. The monoisotopic (exact) mass is 493 g/mol. The molecule has 2 fully saturated rings. The summed E-state index contributed by atoms with van der Waals surface area (Å²) < 4.78 is 6.62. The zero-order valence-corrected chi connectivity index (χ0v) is 21.0. The van der Waals surface area contributed by atoms with E-state index in [1.807, 2.05) is 54.6 Å². The standard InChI is InChI=1S/C28H35N3O5/c1-3-4-8-15-29-16-10-14-28-23(26(34)31(19(2)18-32)24(28)27(29)35)22-21(36-28)13-9-17-30(25(22)33)20-11-6-5-7-12-20/h5-7,9-14,19,21-24,32H,3-4,8,15-18H2,1-2H3/t19-,21-,22+,23+,24?,28+/m1/s1. The molecular weight excluding hydrogens is 458 g/mol. The van der Waals surface area contributed by atoms with Crippen molar-refractivity contribution in [2.75, 3.05) is 31.1 Å². The summed E-state index contributed by atoms with van der Waals surface area (Å²) in [7, 11) is 0. The number of hydrogen-bond donors (Lipinski definition) is 1. The van der Waals surface area contributed by atoms with Crippen LogP contribution in [-0.4, -0.2) is 82.7 Å². The van der Waals surface area contributed by atoms with E-state index in [4.69, 9.17) is 4.74 Å². The lowest BCUT2D eigenvalue weighted by Gasteiger charge is -2.37. The van der Waals surface area contributed by atoms with Crippen molar-refractivity contribution in [3.05, 3.63) is 54.6 Å².